The van der Waals surface area contributed by atoms with Gasteiger partial charge in [-0.25, -0.2) is 4.98 Å². The Bertz CT molecular complexity index is 313. The molecule has 1 aromatic rings. The summed E-state index contributed by atoms with van der Waals surface area (Å²) < 4.78 is 0. The number of carbonyl (C=O) groups is 1. The first-order chi connectivity index (χ1) is 6.54. The van der Waals surface area contributed by atoms with Crippen LogP contribution in [0.2, 0.25) is 0 Å². The lowest BCUT2D eigenvalue weighted by Crippen LogP contribution is -2.00. The van der Waals surface area contributed by atoms with Crippen LogP contribution in [0.3, 0.4) is 0 Å². The van der Waals surface area contributed by atoms with Gasteiger partial charge in [-0.05, 0) is 18.3 Å². The van der Waals surface area contributed by atoms with Crippen molar-refractivity contribution in [1.29, 1.82) is 0 Å². The van der Waals surface area contributed by atoms with Crippen LogP contribution in [0.1, 0.15) is 55.6 Å². The summed E-state index contributed by atoms with van der Waals surface area (Å²) in [6.45, 7) is 8.50. The van der Waals surface area contributed by atoms with E-state index in [1.807, 2.05) is 0 Å². The minimum absolute atomic E-state index is 0.369. The third kappa shape index (κ3) is 2.44. The summed E-state index contributed by atoms with van der Waals surface area (Å²) >= 11 is 0. The molecule has 3 nitrogen and oxygen atoms in total. The summed E-state index contributed by atoms with van der Waals surface area (Å²) in [5.74, 6) is 1.39. The number of nitrogens with zero attached hydrogens (tertiary/aromatic N) is 1. The number of carbonyl (C=O) groups excluding carboxylic acids is 1. The number of hydrogen-bond acceptors (Lipinski definition) is 2. The fraction of sp³-hybridized carbons (Fsp3) is 0.636. The molecule has 0 aromatic carbocycles. The van der Waals surface area contributed by atoms with Crippen LogP contribution in [0.5, 0.6) is 0 Å². The molecule has 0 bridgehead atoms. The Morgan fingerprint density at radius 2 is 2.00 bits per heavy atom. The molecule has 1 rings (SSSR count). The van der Waals surface area contributed by atoms with Gasteiger partial charge in [0, 0.05) is 5.69 Å². The topological polar surface area (TPSA) is 45.8 Å². The molecule has 0 unspecified atom stereocenters. The predicted octanol–water partition coefficient (Wildman–Crippen LogP) is 2.54. The first-order valence-electron chi connectivity index (χ1n) is 5.08. The third-order valence-corrected chi connectivity index (χ3v) is 2.10. The van der Waals surface area contributed by atoms with Gasteiger partial charge in [0.25, 0.3) is 0 Å². The van der Waals surface area contributed by atoms with Gasteiger partial charge in [-0.2, -0.15) is 0 Å². The molecule has 0 aliphatic carbocycles. The molecule has 0 spiro atoms. The maximum Gasteiger partial charge on any atom is 0.185 e. The highest BCUT2D eigenvalue weighted by Gasteiger charge is 2.13. The maximum absolute atomic E-state index is 10.6. The molecule has 3 heteroatoms. The molecule has 78 valence electrons. The van der Waals surface area contributed by atoms with E-state index in [-0.39, 0.29) is 0 Å². The predicted molar refractivity (Wildman–Crippen MR) is 56.6 cm³/mol. The fourth-order valence-corrected chi connectivity index (χ4v) is 1.54. The molecule has 1 N–H and O–H groups in total. The Kier molecular flexibility index (Phi) is 3.44. The lowest BCUT2D eigenvalue weighted by Gasteiger charge is -2.07. The highest BCUT2D eigenvalue weighted by Crippen LogP contribution is 2.19. The van der Waals surface area contributed by atoms with E-state index in [2.05, 4.69) is 37.7 Å². The Labute approximate surface area is 84.9 Å². The lowest BCUT2D eigenvalue weighted by atomic mass is 10.0. The van der Waals surface area contributed by atoms with Crippen molar-refractivity contribution in [3.8, 4) is 0 Å². The van der Waals surface area contributed by atoms with E-state index in [1.165, 1.54) is 0 Å². The second-order valence-electron chi connectivity index (χ2n) is 4.36. The maximum atomic E-state index is 10.6. The molecule has 14 heavy (non-hydrogen) atoms. The summed E-state index contributed by atoms with van der Waals surface area (Å²) in [7, 11) is 0. The van der Waals surface area contributed by atoms with Gasteiger partial charge in [-0.15, -0.1) is 0 Å². The Balaban J connectivity index is 2.99. The van der Waals surface area contributed by atoms with Gasteiger partial charge in [0.1, 0.15) is 0 Å². The summed E-state index contributed by atoms with van der Waals surface area (Å²) in [4.78, 5) is 17.9. The fourth-order valence-electron chi connectivity index (χ4n) is 1.54. The van der Waals surface area contributed by atoms with Crippen molar-refractivity contribution in [3.63, 3.8) is 0 Å². The molecule has 0 saturated carbocycles. The zero-order chi connectivity index (χ0) is 10.7. The third-order valence-electron chi connectivity index (χ3n) is 2.10. The van der Waals surface area contributed by atoms with Crippen LogP contribution in [-0.4, -0.2) is 16.3 Å². The first-order valence-corrected chi connectivity index (χ1v) is 5.08. The van der Waals surface area contributed by atoms with E-state index >= 15 is 0 Å². The van der Waals surface area contributed by atoms with Crippen molar-refractivity contribution in [3.05, 3.63) is 17.2 Å². The van der Waals surface area contributed by atoms with Crippen molar-refractivity contribution in [2.24, 2.45) is 5.92 Å². The van der Waals surface area contributed by atoms with Gasteiger partial charge in [-0.3, -0.25) is 4.79 Å². The highest BCUT2D eigenvalue weighted by molar-refractivity contribution is 5.69. The van der Waals surface area contributed by atoms with Crippen molar-refractivity contribution in [2.75, 3.05) is 0 Å². The van der Waals surface area contributed by atoms with E-state index in [4.69, 9.17) is 0 Å². The molecule has 0 aliphatic rings. The number of aromatic nitrogens is 2. The van der Waals surface area contributed by atoms with Crippen LogP contribution in [0.25, 0.3) is 0 Å². The zero-order valence-corrected chi connectivity index (χ0v) is 9.29. The van der Waals surface area contributed by atoms with Crippen LogP contribution in [0.15, 0.2) is 0 Å². The van der Waals surface area contributed by atoms with E-state index in [0.717, 1.165) is 24.1 Å². The van der Waals surface area contributed by atoms with E-state index < -0.39 is 0 Å². The summed E-state index contributed by atoms with van der Waals surface area (Å²) in [5.41, 5.74) is 2.14. The average molecular weight is 194 g/mol. The quantitative estimate of drug-likeness (QED) is 0.749. The SMILES string of the molecule is CC(C)Cc1[nH]c(C=O)nc1C(C)C. The van der Waals surface area contributed by atoms with Crippen LogP contribution in [-0.2, 0) is 6.42 Å². The van der Waals surface area contributed by atoms with Gasteiger partial charge >= 0.3 is 0 Å². The van der Waals surface area contributed by atoms with E-state index in [9.17, 15) is 4.79 Å². The average Bonchev–Trinajstić information content (AvgIpc) is 2.46. The number of nitrogens with one attached hydrogen (secondary N) is 1. The van der Waals surface area contributed by atoms with Crippen molar-refractivity contribution in [2.45, 2.75) is 40.0 Å². The first kappa shape index (κ1) is 11.0. The largest absolute Gasteiger partial charge is 0.339 e. The lowest BCUT2D eigenvalue weighted by molar-refractivity contribution is 0.111. The molecule has 1 aromatic heterocycles. The van der Waals surface area contributed by atoms with E-state index in [1.54, 1.807) is 0 Å². The summed E-state index contributed by atoms with van der Waals surface area (Å²) in [5, 5.41) is 0. The second kappa shape index (κ2) is 4.40. The number of hydrogen-bond donors (Lipinski definition) is 1. The minimum atomic E-state index is 0.369. The Morgan fingerprint density at radius 3 is 2.43 bits per heavy atom. The molecule has 0 fully saturated rings. The number of H-pyrrole nitrogens is 1. The van der Waals surface area contributed by atoms with Crippen LogP contribution < -0.4 is 0 Å². The number of rotatable bonds is 4. The smallest absolute Gasteiger partial charge is 0.185 e. The van der Waals surface area contributed by atoms with Gasteiger partial charge in [0.2, 0.25) is 0 Å². The molecule has 0 saturated heterocycles. The van der Waals surface area contributed by atoms with Crippen molar-refractivity contribution in [1.82, 2.24) is 9.97 Å². The monoisotopic (exact) mass is 194 g/mol. The molecule has 0 radical (unpaired) electrons. The van der Waals surface area contributed by atoms with Gasteiger partial charge < -0.3 is 4.98 Å². The second-order valence-corrected chi connectivity index (χ2v) is 4.36. The van der Waals surface area contributed by atoms with Crippen molar-refractivity contribution >= 4 is 6.29 Å². The standard InChI is InChI=1S/C11H18N2O/c1-7(2)5-9-11(8(3)4)13-10(6-14)12-9/h6-8H,5H2,1-4H3,(H,12,13). The molecule has 0 aliphatic heterocycles. The van der Waals surface area contributed by atoms with Crippen LogP contribution in [0, 0.1) is 5.92 Å². The zero-order valence-electron chi connectivity index (χ0n) is 9.29. The normalized spacial score (nSPS) is 11.3. The van der Waals surface area contributed by atoms with Crippen LogP contribution >= 0.6 is 0 Å². The van der Waals surface area contributed by atoms with E-state index in [0.29, 0.717) is 17.7 Å². The van der Waals surface area contributed by atoms with Crippen molar-refractivity contribution < 1.29 is 4.79 Å². The minimum Gasteiger partial charge on any atom is -0.339 e. The molecular weight excluding hydrogens is 176 g/mol. The molecule has 0 atom stereocenters. The number of imidazole rings is 1. The summed E-state index contributed by atoms with van der Waals surface area (Å²) in [6, 6.07) is 0. The Hall–Kier alpha value is -1.12. The summed E-state index contributed by atoms with van der Waals surface area (Å²) in [6.07, 6.45) is 1.73. The number of aldehydes is 1. The highest BCUT2D eigenvalue weighted by atomic mass is 16.1. The molecule has 1 heterocycles. The van der Waals surface area contributed by atoms with Gasteiger partial charge in [0.05, 0.1) is 5.69 Å². The number of aromatic amines is 1. The molecule has 0 amide bonds. The Morgan fingerprint density at radius 1 is 1.36 bits per heavy atom. The molecular formula is C11H18N2O. The van der Waals surface area contributed by atoms with Gasteiger partial charge in [-0.1, -0.05) is 27.7 Å². The van der Waals surface area contributed by atoms with Gasteiger partial charge in [0.15, 0.2) is 12.1 Å². The van der Waals surface area contributed by atoms with Crippen LogP contribution in [0.4, 0.5) is 0 Å².